The van der Waals surface area contributed by atoms with E-state index < -0.39 is 25.2 Å². The summed E-state index contributed by atoms with van der Waals surface area (Å²) in [6, 6.07) is 8.61. The van der Waals surface area contributed by atoms with Gasteiger partial charge in [0.1, 0.15) is 24.8 Å². The van der Waals surface area contributed by atoms with Crippen LogP contribution in [0.2, 0.25) is 0 Å². The molecule has 5 nitrogen and oxygen atoms in total. The summed E-state index contributed by atoms with van der Waals surface area (Å²) in [7, 11) is 0. The van der Waals surface area contributed by atoms with Crippen molar-refractivity contribution in [2.24, 2.45) is 11.5 Å². The van der Waals surface area contributed by atoms with Crippen LogP contribution in [0.5, 0.6) is 0 Å². The molecular weight excluding hydrogens is 362 g/mol. The van der Waals surface area contributed by atoms with E-state index in [9.17, 15) is 17.6 Å². The summed E-state index contributed by atoms with van der Waals surface area (Å²) >= 11 is 0. The highest BCUT2D eigenvalue weighted by atomic mass is 19.4. The van der Waals surface area contributed by atoms with Crippen LogP contribution in [0, 0.1) is 5.82 Å². The van der Waals surface area contributed by atoms with Crippen molar-refractivity contribution in [2.45, 2.75) is 38.5 Å². The zero-order valence-electron chi connectivity index (χ0n) is 14.9. The predicted octanol–water partition coefficient (Wildman–Crippen LogP) is 3.18. The zero-order chi connectivity index (χ0) is 19.9. The van der Waals surface area contributed by atoms with Gasteiger partial charge in [-0.1, -0.05) is 0 Å². The standard InChI is InChI=1S/C18H21F4N5/c1-10(2)27-16(23)15-14(26(17(27)24)9-18(20,21)22)8-7-13(25-15)11-3-5-12(19)6-4-11/h3-8,10,16-17H,9,23-24H2,1-2H3. The molecule has 27 heavy (non-hydrogen) atoms. The molecule has 4 N–H and O–H groups in total. The lowest BCUT2D eigenvalue weighted by atomic mass is 10.1. The number of nitrogens with zero attached hydrogens (tertiary/aromatic N) is 3. The van der Waals surface area contributed by atoms with Crippen molar-refractivity contribution in [3.8, 4) is 11.3 Å². The van der Waals surface area contributed by atoms with Crippen LogP contribution in [0.15, 0.2) is 36.4 Å². The Labute approximate surface area is 154 Å². The summed E-state index contributed by atoms with van der Waals surface area (Å²) in [5.41, 5.74) is 14.1. The summed E-state index contributed by atoms with van der Waals surface area (Å²) < 4.78 is 52.5. The molecule has 1 aliphatic heterocycles. The Morgan fingerprint density at radius 2 is 1.70 bits per heavy atom. The average Bonchev–Trinajstić information content (AvgIpc) is 2.58. The fourth-order valence-electron chi connectivity index (χ4n) is 3.32. The minimum atomic E-state index is -4.44. The molecule has 1 aliphatic rings. The monoisotopic (exact) mass is 383 g/mol. The van der Waals surface area contributed by atoms with E-state index in [1.165, 1.54) is 18.2 Å². The maximum absolute atomic E-state index is 13.2. The van der Waals surface area contributed by atoms with E-state index in [1.807, 2.05) is 0 Å². The summed E-state index contributed by atoms with van der Waals surface area (Å²) in [5, 5.41) is 0. The second-order valence-corrected chi connectivity index (χ2v) is 6.75. The molecule has 9 heteroatoms. The first-order chi connectivity index (χ1) is 12.6. The van der Waals surface area contributed by atoms with Crippen LogP contribution < -0.4 is 16.4 Å². The van der Waals surface area contributed by atoms with Crippen molar-refractivity contribution in [1.82, 2.24) is 9.88 Å². The average molecular weight is 383 g/mol. The van der Waals surface area contributed by atoms with E-state index in [0.29, 0.717) is 17.0 Å². The minimum Gasteiger partial charge on any atom is -0.333 e. The number of fused-ring (bicyclic) bond motifs is 1. The lowest BCUT2D eigenvalue weighted by molar-refractivity contribution is -0.124. The van der Waals surface area contributed by atoms with Crippen molar-refractivity contribution < 1.29 is 17.6 Å². The van der Waals surface area contributed by atoms with Gasteiger partial charge in [-0.25, -0.2) is 14.3 Å². The van der Waals surface area contributed by atoms with Crippen molar-refractivity contribution >= 4 is 5.69 Å². The molecule has 1 aromatic carbocycles. The van der Waals surface area contributed by atoms with Crippen LogP contribution in [0.4, 0.5) is 23.2 Å². The van der Waals surface area contributed by atoms with Crippen LogP contribution in [0.3, 0.4) is 0 Å². The van der Waals surface area contributed by atoms with Gasteiger partial charge in [0.15, 0.2) is 0 Å². The fraction of sp³-hybridized carbons (Fsp3) is 0.389. The van der Waals surface area contributed by atoms with Crippen LogP contribution in [0.1, 0.15) is 25.7 Å². The first-order valence-electron chi connectivity index (χ1n) is 8.47. The largest absolute Gasteiger partial charge is 0.406 e. The van der Waals surface area contributed by atoms with Gasteiger partial charge in [0.05, 0.1) is 17.1 Å². The highest BCUT2D eigenvalue weighted by Gasteiger charge is 2.42. The van der Waals surface area contributed by atoms with Gasteiger partial charge in [0, 0.05) is 11.6 Å². The van der Waals surface area contributed by atoms with Gasteiger partial charge in [0.25, 0.3) is 0 Å². The molecule has 0 saturated carbocycles. The summed E-state index contributed by atoms with van der Waals surface area (Å²) in [6.07, 6.45) is -6.23. The van der Waals surface area contributed by atoms with Crippen molar-refractivity contribution in [1.29, 1.82) is 0 Å². The van der Waals surface area contributed by atoms with Gasteiger partial charge in [0.2, 0.25) is 0 Å². The normalized spacial score (nSPS) is 20.9. The minimum absolute atomic E-state index is 0.199. The lowest BCUT2D eigenvalue weighted by Gasteiger charge is -2.48. The quantitative estimate of drug-likeness (QED) is 0.797. The number of aromatic nitrogens is 1. The molecule has 146 valence electrons. The molecule has 1 aromatic heterocycles. The van der Waals surface area contributed by atoms with Crippen LogP contribution in [-0.4, -0.2) is 34.9 Å². The number of hydrogen-bond acceptors (Lipinski definition) is 5. The smallest absolute Gasteiger partial charge is 0.333 e. The van der Waals surface area contributed by atoms with E-state index in [-0.39, 0.29) is 17.5 Å². The van der Waals surface area contributed by atoms with Gasteiger partial charge >= 0.3 is 6.18 Å². The molecule has 0 radical (unpaired) electrons. The first-order valence-corrected chi connectivity index (χ1v) is 8.47. The Morgan fingerprint density at radius 3 is 2.26 bits per heavy atom. The number of halogens is 4. The molecule has 0 aliphatic carbocycles. The molecule has 2 aromatic rings. The van der Waals surface area contributed by atoms with Gasteiger partial charge in [-0.3, -0.25) is 5.73 Å². The predicted molar refractivity (Wildman–Crippen MR) is 94.9 cm³/mol. The Bertz CT molecular complexity index is 806. The topological polar surface area (TPSA) is 71.4 Å². The van der Waals surface area contributed by atoms with E-state index >= 15 is 0 Å². The van der Waals surface area contributed by atoms with Crippen molar-refractivity contribution in [3.63, 3.8) is 0 Å². The second-order valence-electron chi connectivity index (χ2n) is 6.75. The van der Waals surface area contributed by atoms with E-state index in [4.69, 9.17) is 11.5 Å². The van der Waals surface area contributed by atoms with Gasteiger partial charge in [-0.05, 0) is 50.2 Å². The number of anilines is 1. The molecule has 0 fully saturated rings. The highest BCUT2D eigenvalue weighted by Crippen LogP contribution is 2.37. The van der Waals surface area contributed by atoms with Gasteiger partial charge in [-0.2, -0.15) is 13.2 Å². The third-order valence-corrected chi connectivity index (χ3v) is 4.52. The van der Waals surface area contributed by atoms with Crippen LogP contribution >= 0.6 is 0 Å². The molecule has 0 amide bonds. The fourth-order valence-corrected chi connectivity index (χ4v) is 3.32. The molecular formula is C18H21F4N5. The number of hydrogen-bond donors (Lipinski definition) is 2. The summed E-state index contributed by atoms with van der Waals surface area (Å²) in [4.78, 5) is 7.12. The van der Waals surface area contributed by atoms with Crippen molar-refractivity contribution in [2.75, 3.05) is 11.4 Å². The number of rotatable bonds is 3. The third-order valence-electron chi connectivity index (χ3n) is 4.52. The van der Waals surface area contributed by atoms with Gasteiger partial charge < -0.3 is 10.6 Å². The first kappa shape index (κ1) is 19.5. The van der Waals surface area contributed by atoms with Crippen LogP contribution in [0.25, 0.3) is 11.3 Å². The molecule has 0 spiro atoms. The number of alkyl halides is 3. The summed E-state index contributed by atoms with van der Waals surface area (Å²) in [6.45, 7) is 2.40. The molecule has 0 bridgehead atoms. The van der Waals surface area contributed by atoms with E-state index in [2.05, 4.69) is 4.98 Å². The number of pyridine rings is 1. The zero-order valence-corrected chi connectivity index (χ0v) is 14.9. The Kier molecular flexibility index (Phi) is 5.11. The molecule has 2 heterocycles. The molecule has 2 unspecified atom stereocenters. The lowest BCUT2D eigenvalue weighted by Crippen LogP contribution is -2.64. The molecule has 2 atom stereocenters. The van der Waals surface area contributed by atoms with Crippen LogP contribution in [-0.2, 0) is 0 Å². The molecule has 0 saturated heterocycles. The maximum atomic E-state index is 13.2. The third kappa shape index (κ3) is 3.90. The Hall–Kier alpha value is -2.23. The SMILES string of the molecule is CC(C)N1C(N)c2nc(-c3ccc(F)cc3)ccc2N(CC(F)(F)F)C1N. The highest BCUT2D eigenvalue weighted by molar-refractivity contribution is 5.65. The van der Waals surface area contributed by atoms with E-state index in [0.717, 1.165) is 4.90 Å². The molecule has 3 rings (SSSR count). The Balaban J connectivity index is 2.09. The van der Waals surface area contributed by atoms with Gasteiger partial charge in [-0.15, -0.1) is 0 Å². The number of nitrogens with two attached hydrogens (primary N) is 2. The maximum Gasteiger partial charge on any atom is 0.406 e. The summed E-state index contributed by atoms with van der Waals surface area (Å²) in [5.74, 6) is -0.387. The number of benzene rings is 1. The van der Waals surface area contributed by atoms with E-state index in [1.54, 1.807) is 36.9 Å². The van der Waals surface area contributed by atoms with Crippen molar-refractivity contribution in [3.05, 3.63) is 47.9 Å². The second kappa shape index (κ2) is 7.06. The Morgan fingerprint density at radius 1 is 1.07 bits per heavy atom.